The Labute approximate surface area is 209 Å². The maximum Gasteiger partial charge on any atom is 0.411 e. The molecule has 3 aromatic rings. The van der Waals surface area contributed by atoms with Crippen LogP contribution in [-0.4, -0.2) is 47.9 Å². The van der Waals surface area contributed by atoms with E-state index < -0.39 is 18.1 Å². The van der Waals surface area contributed by atoms with E-state index >= 15 is 0 Å². The number of carbonyl (C=O) groups excluding carboxylic acids is 1. The van der Waals surface area contributed by atoms with Gasteiger partial charge in [-0.05, 0) is 52.8 Å². The first-order chi connectivity index (χ1) is 17.6. The third kappa shape index (κ3) is 4.04. The fraction of sp³-hybridized carbons (Fsp3) is 0.310. The predicted octanol–water partition coefficient (Wildman–Crippen LogP) is 5.39. The molecule has 1 fully saturated rings. The summed E-state index contributed by atoms with van der Waals surface area (Å²) in [5, 5.41) is 10.2. The molecule has 1 N–H and O–H groups in total. The van der Waals surface area contributed by atoms with Crippen molar-refractivity contribution in [3.05, 3.63) is 83.4 Å². The van der Waals surface area contributed by atoms with Crippen molar-refractivity contribution >= 4 is 12.1 Å². The molecule has 0 spiro atoms. The van der Waals surface area contributed by atoms with Gasteiger partial charge < -0.3 is 19.3 Å². The maximum absolute atomic E-state index is 13.5. The van der Waals surface area contributed by atoms with Gasteiger partial charge in [-0.2, -0.15) is 0 Å². The van der Waals surface area contributed by atoms with E-state index in [-0.39, 0.29) is 18.6 Å². The van der Waals surface area contributed by atoms with Crippen molar-refractivity contribution in [2.45, 2.75) is 37.3 Å². The second-order valence-electron chi connectivity index (χ2n) is 9.44. The molecule has 7 heteroatoms. The van der Waals surface area contributed by atoms with Gasteiger partial charge in [-0.25, -0.2) is 9.59 Å². The Morgan fingerprint density at radius 3 is 2.19 bits per heavy atom. The number of carbonyl (C=O) groups is 2. The fourth-order valence-corrected chi connectivity index (χ4v) is 5.26. The summed E-state index contributed by atoms with van der Waals surface area (Å²) >= 11 is 0. The number of nitrogens with zero attached hydrogens (tertiary/aromatic N) is 1. The van der Waals surface area contributed by atoms with Gasteiger partial charge in [0.15, 0.2) is 17.5 Å². The first-order valence-corrected chi connectivity index (χ1v) is 12.4. The summed E-state index contributed by atoms with van der Waals surface area (Å²) in [5.41, 5.74) is 4.98. The molecule has 6 rings (SSSR count). The molecule has 1 saturated carbocycles. The topological polar surface area (TPSA) is 85.3 Å². The second kappa shape index (κ2) is 9.22. The second-order valence-corrected chi connectivity index (χ2v) is 9.44. The lowest BCUT2D eigenvalue weighted by Crippen LogP contribution is -2.41. The average molecular weight is 486 g/mol. The van der Waals surface area contributed by atoms with Crippen molar-refractivity contribution in [2.75, 3.05) is 19.8 Å². The molecule has 7 nitrogen and oxygen atoms in total. The lowest BCUT2D eigenvalue weighted by molar-refractivity contribution is -0.143. The zero-order valence-corrected chi connectivity index (χ0v) is 19.8. The highest BCUT2D eigenvalue weighted by Gasteiger charge is 2.43. The average Bonchev–Trinajstić information content (AvgIpc) is 3.71. The van der Waals surface area contributed by atoms with Crippen molar-refractivity contribution in [1.82, 2.24) is 4.90 Å². The van der Waals surface area contributed by atoms with Crippen LogP contribution in [0.4, 0.5) is 4.79 Å². The van der Waals surface area contributed by atoms with E-state index in [2.05, 4.69) is 24.3 Å². The minimum Gasteiger partial charge on any atom is -0.490 e. The molecule has 2 aliphatic carbocycles. The molecule has 0 saturated heterocycles. The van der Waals surface area contributed by atoms with E-state index in [0.29, 0.717) is 30.3 Å². The zero-order valence-electron chi connectivity index (χ0n) is 19.8. The fourth-order valence-electron chi connectivity index (χ4n) is 5.26. The lowest BCUT2D eigenvalue weighted by Gasteiger charge is -2.29. The van der Waals surface area contributed by atoms with Crippen LogP contribution in [0.15, 0.2) is 66.7 Å². The monoisotopic (exact) mass is 485 g/mol. The van der Waals surface area contributed by atoms with Crippen molar-refractivity contribution in [3.63, 3.8) is 0 Å². The van der Waals surface area contributed by atoms with Crippen LogP contribution < -0.4 is 9.47 Å². The minimum absolute atomic E-state index is 0.0938. The highest BCUT2D eigenvalue weighted by atomic mass is 16.6. The molecule has 1 aliphatic heterocycles. The Morgan fingerprint density at radius 2 is 1.56 bits per heavy atom. The number of amides is 1. The number of carboxylic acids is 1. The Hall–Kier alpha value is -4.00. The smallest absolute Gasteiger partial charge is 0.411 e. The van der Waals surface area contributed by atoms with Crippen LogP contribution in [0.1, 0.15) is 47.9 Å². The molecule has 1 amide bonds. The largest absolute Gasteiger partial charge is 0.490 e. The molecule has 3 aromatic carbocycles. The number of hydrogen-bond acceptors (Lipinski definition) is 5. The molecule has 1 atom stereocenters. The minimum atomic E-state index is -1.18. The number of fused-ring (bicyclic) bond motifs is 4. The summed E-state index contributed by atoms with van der Waals surface area (Å²) < 4.78 is 17.3. The first kappa shape index (κ1) is 22.5. The van der Waals surface area contributed by atoms with Gasteiger partial charge in [-0.1, -0.05) is 54.6 Å². The number of hydrogen-bond donors (Lipinski definition) is 1. The van der Waals surface area contributed by atoms with E-state index in [1.54, 1.807) is 18.2 Å². The normalized spacial score (nSPS) is 16.9. The van der Waals surface area contributed by atoms with E-state index in [1.165, 1.54) is 4.90 Å². The van der Waals surface area contributed by atoms with E-state index in [9.17, 15) is 14.7 Å². The summed E-state index contributed by atoms with van der Waals surface area (Å²) in [4.78, 5) is 27.3. The highest BCUT2D eigenvalue weighted by molar-refractivity contribution is 5.83. The molecule has 0 bridgehead atoms. The third-order valence-corrected chi connectivity index (χ3v) is 7.09. The summed E-state index contributed by atoms with van der Waals surface area (Å²) in [6, 6.07) is 20.0. The molecule has 1 unspecified atom stereocenters. The SMILES string of the molecule is O=C(O)C(c1ccc2c(c1)OCCCO2)N(C(=O)OCC1c2ccccc2-c2ccccc21)C1CC1. The number of aliphatic carboxylic acids is 1. The Bertz CT molecular complexity index is 1270. The van der Waals surface area contributed by atoms with E-state index in [0.717, 1.165) is 41.5 Å². The van der Waals surface area contributed by atoms with Gasteiger partial charge in [0.05, 0.1) is 13.2 Å². The molecule has 184 valence electrons. The molecule has 0 aromatic heterocycles. The molecular weight excluding hydrogens is 458 g/mol. The van der Waals surface area contributed by atoms with Crippen LogP contribution in [-0.2, 0) is 9.53 Å². The van der Waals surface area contributed by atoms with Gasteiger partial charge >= 0.3 is 12.1 Å². The standard InChI is InChI=1S/C29H27NO6/c31-28(32)27(18-10-13-25-26(16-18)35-15-5-14-34-25)30(19-11-12-19)29(33)36-17-24-22-8-3-1-6-20(22)21-7-2-4-9-23(21)24/h1-4,6-10,13,16,19,24,27H,5,11-12,14-15,17H2,(H,31,32). The van der Waals surface area contributed by atoms with Gasteiger partial charge in [0, 0.05) is 18.4 Å². The molecule has 3 aliphatic rings. The van der Waals surface area contributed by atoms with Crippen LogP contribution in [0.25, 0.3) is 11.1 Å². The highest BCUT2D eigenvalue weighted by Crippen LogP contribution is 2.45. The molecule has 36 heavy (non-hydrogen) atoms. The predicted molar refractivity (Wildman–Crippen MR) is 132 cm³/mol. The number of carboxylic acid groups (broad SMARTS) is 1. The van der Waals surface area contributed by atoms with Crippen LogP contribution in [0.5, 0.6) is 11.5 Å². The number of benzene rings is 3. The van der Waals surface area contributed by atoms with Gasteiger partial charge in [-0.15, -0.1) is 0 Å². The maximum atomic E-state index is 13.5. The summed E-state index contributed by atoms with van der Waals surface area (Å²) in [6.45, 7) is 1.18. The number of rotatable bonds is 6. The van der Waals surface area contributed by atoms with E-state index in [1.807, 2.05) is 24.3 Å². The third-order valence-electron chi connectivity index (χ3n) is 7.09. The molecular formula is C29H27NO6. The lowest BCUT2D eigenvalue weighted by atomic mass is 9.98. The van der Waals surface area contributed by atoms with Crippen molar-refractivity contribution in [3.8, 4) is 22.6 Å². The van der Waals surface area contributed by atoms with Crippen LogP contribution in [0, 0.1) is 0 Å². The van der Waals surface area contributed by atoms with Crippen LogP contribution in [0.2, 0.25) is 0 Å². The van der Waals surface area contributed by atoms with Crippen molar-refractivity contribution < 1.29 is 28.9 Å². The summed E-state index contributed by atoms with van der Waals surface area (Å²) in [6.07, 6.45) is 1.64. The van der Waals surface area contributed by atoms with Crippen molar-refractivity contribution in [1.29, 1.82) is 0 Å². The van der Waals surface area contributed by atoms with E-state index in [4.69, 9.17) is 14.2 Å². The summed E-state index contributed by atoms with van der Waals surface area (Å²) in [5.74, 6) is -0.118. The Morgan fingerprint density at radius 1 is 0.917 bits per heavy atom. The van der Waals surface area contributed by atoms with Gasteiger partial charge in [0.2, 0.25) is 0 Å². The van der Waals surface area contributed by atoms with Gasteiger partial charge in [0.1, 0.15) is 6.61 Å². The van der Waals surface area contributed by atoms with Crippen molar-refractivity contribution in [2.24, 2.45) is 0 Å². The van der Waals surface area contributed by atoms with Crippen LogP contribution >= 0.6 is 0 Å². The first-order valence-electron chi connectivity index (χ1n) is 12.4. The molecule has 0 radical (unpaired) electrons. The molecule has 1 heterocycles. The van der Waals surface area contributed by atoms with Crippen LogP contribution in [0.3, 0.4) is 0 Å². The summed E-state index contributed by atoms with van der Waals surface area (Å²) in [7, 11) is 0. The zero-order chi connectivity index (χ0) is 24.6. The quantitative estimate of drug-likeness (QED) is 0.504. The number of ether oxygens (including phenoxy) is 3. The van der Waals surface area contributed by atoms with Gasteiger partial charge in [-0.3, -0.25) is 4.90 Å². The Kier molecular flexibility index (Phi) is 5.76. The van der Waals surface area contributed by atoms with Gasteiger partial charge in [0.25, 0.3) is 0 Å². The Balaban J connectivity index is 1.26.